The topological polar surface area (TPSA) is 75.6 Å². The molecule has 0 aliphatic rings. The van der Waals surface area contributed by atoms with Crippen LogP contribution in [0.2, 0.25) is 5.02 Å². The lowest BCUT2D eigenvalue weighted by atomic mass is 10.1. The molecule has 2 N–H and O–H groups in total. The number of carbonyl (C=O) groups is 2. The van der Waals surface area contributed by atoms with E-state index in [4.69, 9.17) is 21.4 Å². The quantitative estimate of drug-likeness (QED) is 0.845. The van der Waals surface area contributed by atoms with Crippen molar-refractivity contribution in [2.45, 2.75) is 26.8 Å². The molecule has 0 fully saturated rings. The predicted molar refractivity (Wildman–Crippen MR) is 76.1 cm³/mol. The molecule has 0 heterocycles. The third-order valence-corrected chi connectivity index (χ3v) is 3.24. The summed E-state index contributed by atoms with van der Waals surface area (Å²) in [5.74, 6) is -1.24. The van der Waals surface area contributed by atoms with E-state index in [0.717, 1.165) is 5.56 Å². The normalized spacial score (nSPS) is 12.1. The lowest BCUT2D eigenvalue weighted by Gasteiger charge is -2.18. The van der Waals surface area contributed by atoms with E-state index in [9.17, 15) is 9.59 Å². The highest BCUT2D eigenvalue weighted by atomic mass is 35.5. The van der Waals surface area contributed by atoms with E-state index in [1.54, 1.807) is 39.0 Å². The van der Waals surface area contributed by atoms with Crippen LogP contribution in [0.1, 0.15) is 19.4 Å². The van der Waals surface area contributed by atoms with E-state index in [1.165, 1.54) is 0 Å². The van der Waals surface area contributed by atoms with Gasteiger partial charge in [-0.1, -0.05) is 31.5 Å². The van der Waals surface area contributed by atoms with Gasteiger partial charge >= 0.3 is 5.97 Å². The molecule has 1 rings (SSSR count). The van der Waals surface area contributed by atoms with Gasteiger partial charge in [0.25, 0.3) is 5.91 Å². The van der Waals surface area contributed by atoms with Gasteiger partial charge in [0.2, 0.25) is 0 Å². The van der Waals surface area contributed by atoms with Crippen LogP contribution in [-0.2, 0) is 9.59 Å². The average Bonchev–Trinajstić information content (AvgIpc) is 2.37. The Labute approximate surface area is 122 Å². The molecule has 0 saturated heterocycles. The van der Waals surface area contributed by atoms with Crippen molar-refractivity contribution < 1.29 is 19.4 Å². The van der Waals surface area contributed by atoms with E-state index in [2.05, 4.69) is 5.32 Å². The van der Waals surface area contributed by atoms with Crippen molar-refractivity contribution in [3.8, 4) is 5.75 Å². The van der Waals surface area contributed by atoms with Crippen molar-refractivity contribution in [2.24, 2.45) is 5.92 Å². The lowest BCUT2D eigenvalue weighted by Crippen LogP contribution is -2.46. The van der Waals surface area contributed by atoms with Crippen LogP contribution >= 0.6 is 11.6 Å². The van der Waals surface area contributed by atoms with Crippen LogP contribution in [0.5, 0.6) is 5.75 Å². The number of benzene rings is 1. The second kappa shape index (κ2) is 7.14. The van der Waals surface area contributed by atoms with Gasteiger partial charge in [-0.3, -0.25) is 4.79 Å². The van der Waals surface area contributed by atoms with Gasteiger partial charge in [-0.05, 0) is 25.0 Å². The highest BCUT2D eigenvalue weighted by molar-refractivity contribution is 6.31. The Bertz CT molecular complexity index is 502. The van der Waals surface area contributed by atoms with Crippen LogP contribution in [0, 0.1) is 12.8 Å². The molecular weight excluding hydrogens is 282 g/mol. The third kappa shape index (κ3) is 4.42. The summed E-state index contributed by atoms with van der Waals surface area (Å²) < 4.78 is 5.35. The van der Waals surface area contributed by atoms with E-state index in [0.29, 0.717) is 10.8 Å². The predicted octanol–water partition coefficient (Wildman–Crippen LogP) is 2.25. The molecule has 0 bridgehead atoms. The lowest BCUT2D eigenvalue weighted by molar-refractivity contribution is -0.143. The highest BCUT2D eigenvalue weighted by Gasteiger charge is 2.23. The maximum Gasteiger partial charge on any atom is 0.326 e. The SMILES string of the molecule is Cc1c(Cl)cccc1OCC(=O)N[C@H](C(=O)O)C(C)C. The maximum atomic E-state index is 11.7. The Morgan fingerprint density at radius 3 is 2.60 bits per heavy atom. The molecule has 1 amide bonds. The molecular formula is C14H18ClNO4. The van der Waals surface area contributed by atoms with E-state index in [-0.39, 0.29) is 12.5 Å². The molecule has 110 valence electrons. The molecule has 0 saturated carbocycles. The number of halogens is 1. The second-order valence-electron chi connectivity index (χ2n) is 4.78. The van der Waals surface area contributed by atoms with Gasteiger partial charge in [-0.15, -0.1) is 0 Å². The summed E-state index contributed by atoms with van der Waals surface area (Å²) in [5.41, 5.74) is 0.737. The van der Waals surface area contributed by atoms with Crippen LogP contribution in [0.25, 0.3) is 0 Å². The van der Waals surface area contributed by atoms with Crippen LogP contribution in [-0.4, -0.2) is 29.6 Å². The summed E-state index contributed by atoms with van der Waals surface area (Å²) >= 11 is 5.94. The monoisotopic (exact) mass is 299 g/mol. The number of nitrogens with one attached hydrogen (secondary N) is 1. The van der Waals surface area contributed by atoms with Gasteiger partial charge in [-0.25, -0.2) is 4.79 Å². The zero-order valence-electron chi connectivity index (χ0n) is 11.6. The van der Waals surface area contributed by atoms with Crippen LogP contribution in [0.3, 0.4) is 0 Å². The van der Waals surface area contributed by atoms with Gasteiger partial charge < -0.3 is 15.2 Å². The number of rotatable bonds is 6. The molecule has 1 atom stereocenters. The first-order chi connectivity index (χ1) is 9.32. The fourth-order valence-corrected chi connectivity index (χ4v) is 1.78. The van der Waals surface area contributed by atoms with Gasteiger partial charge in [0.05, 0.1) is 0 Å². The summed E-state index contributed by atoms with van der Waals surface area (Å²) in [4.78, 5) is 22.7. The zero-order chi connectivity index (χ0) is 15.3. The van der Waals surface area contributed by atoms with Crippen molar-refractivity contribution in [2.75, 3.05) is 6.61 Å². The number of hydrogen-bond acceptors (Lipinski definition) is 3. The first-order valence-electron chi connectivity index (χ1n) is 6.23. The second-order valence-corrected chi connectivity index (χ2v) is 5.19. The van der Waals surface area contributed by atoms with Crippen molar-refractivity contribution in [1.29, 1.82) is 0 Å². The van der Waals surface area contributed by atoms with Crippen LogP contribution in [0.15, 0.2) is 18.2 Å². The number of aliphatic carboxylic acids is 1. The first-order valence-corrected chi connectivity index (χ1v) is 6.60. The molecule has 0 aliphatic carbocycles. The molecule has 1 aromatic carbocycles. The number of carboxylic acids is 1. The zero-order valence-corrected chi connectivity index (χ0v) is 12.4. The Balaban J connectivity index is 2.59. The fourth-order valence-electron chi connectivity index (χ4n) is 1.62. The van der Waals surface area contributed by atoms with Crippen molar-refractivity contribution >= 4 is 23.5 Å². The Morgan fingerprint density at radius 2 is 2.05 bits per heavy atom. The fraction of sp³-hybridized carbons (Fsp3) is 0.429. The van der Waals surface area contributed by atoms with Gasteiger partial charge in [0.15, 0.2) is 6.61 Å². The first kappa shape index (κ1) is 16.3. The minimum Gasteiger partial charge on any atom is -0.483 e. The van der Waals surface area contributed by atoms with Crippen molar-refractivity contribution in [3.05, 3.63) is 28.8 Å². The summed E-state index contributed by atoms with van der Waals surface area (Å²) in [6, 6.07) is 4.22. The molecule has 20 heavy (non-hydrogen) atoms. The van der Waals surface area contributed by atoms with Crippen molar-refractivity contribution in [1.82, 2.24) is 5.32 Å². The van der Waals surface area contributed by atoms with Crippen LogP contribution in [0.4, 0.5) is 0 Å². The van der Waals surface area contributed by atoms with E-state index in [1.807, 2.05) is 0 Å². The minimum atomic E-state index is -1.06. The Kier molecular flexibility index (Phi) is 5.82. The summed E-state index contributed by atoms with van der Waals surface area (Å²) in [6.45, 7) is 4.98. The highest BCUT2D eigenvalue weighted by Crippen LogP contribution is 2.24. The molecule has 0 spiro atoms. The van der Waals surface area contributed by atoms with E-state index >= 15 is 0 Å². The minimum absolute atomic E-state index is 0.204. The number of hydrogen-bond donors (Lipinski definition) is 2. The smallest absolute Gasteiger partial charge is 0.326 e. The molecule has 1 aromatic rings. The van der Waals surface area contributed by atoms with Gasteiger partial charge in [0.1, 0.15) is 11.8 Å². The molecule has 0 unspecified atom stereocenters. The number of ether oxygens (including phenoxy) is 1. The number of carbonyl (C=O) groups excluding carboxylic acids is 1. The number of amides is 1. The Hall–Kier alpha value is -1.75. The standard InChI is InChI=1S/C14H18ClNO4/c1-8(2)13(14(18)19)16-12(17)7-20-11-6-4-5-10(15)9(11)3/h4-6,8,13H,7H2,1-3H3,(H,16,17)(H,18,19)/t13-/m0/s1. The molecule has 0 radical (unpaired) electrons. The Morgan fingerprint density at radius 1 is 1.40 bits per heavy atom. The summed E-state index contributed by atoms with van der Waals surface area (Å²) in [7, 11) is 0. The molecule has 5 nitrogen and oxygen atoms in total. The molecule has 0 aromatic heterocycles. The maximum absolute atomic E-state index is 11.7. The van der Waals surface area contributed by atoms with Crippen LogP contribution < -0.4 is 10.1 Å². The number of carboxylic acid groups (broad SMARTS) is 1. The molecule has 6 heteroatoms. The third-order valence-electron chi connectivity index (χ3n) is 2.83. The van der Waals surface area contributed by atoms with E-state index < -0.39 is 17.9 Å². The average molecular weight is 300 g/mol. The summed E-state index contributed by atoms with van der Waals surface area (Å²) in [5, 5.41) is 12.0. The molecule has 0 aliphatic heterocycles. The largest absolute Gasteiger partial charge is 0.483 e. The van der Waals surface area contributed by atoms with Crippen molar-refractivity contribution in [3.63, 3.8) is 0 Å². The van der Waals surface area contributed by atoms with Gasteiger partial charge in [-0.2, -0.15) is 0 Å². The summed E-state index contributed by atoms with van der Waals surface area (Å²) in [6.07, 6.45) is 0. The van der Waals surface area contributed by atoms with Gasteiger partial charge in [0, 0.05) is 10.6 Å².